The Labute approximate surface area is 269 Å². The van der Waals surface area contributed by atoms with E-state index >= 15 is 0 Å². The molecule has 14 heteroatoms. The van der Waals surface area contributed by atoms with Crippen molar-refractivity contribution in [1.29, 1.82) is 0 Å². The molecule has 3 aromatic heterocycles. The van der Waals surface area contributed by atoms with Crippen LogP contribution in [0.1, 0.15) is 25.2 Å². The monoisotopic (exact) mass is 651 g/mol. The van der Waals surface area contributed by atoms with Gasteiger partial charge in [-0.05, 0) is 83.0 Å². The van der Waals surface area contributed by atoms with Gasteiger partial charge in [-0.15, -0.1) is 0 Å². The Morgan fingerprint density at radius 2 is 1.80 bits per heavy atom. The maximum absolute atomic E-state index is 13.6. The van der Waals surface area contributed by atoms with Crippen LogP contribution in [-0.4, -0.2) is 104 Å². The summed E-state index contributed by atoms with van der Waals surface area (Å²) in [5.41, 5.74) is 1.41. The second kappa shape index (κ2) is 13.7. The van der Waals surface area contributed by atoms with E-state index in [0.29, 0.717) is 34.1 Å². The Morgan fingerprint density at radius 1 is 1.07 bits per heavy atom. The van der Waals surface area contributed by atoms with E-state index in [4.69, 9.17) is 14.7 Å². The molecule has 45 heavy (non-hydrogen) atoms. The molecule has 1 aliphatic heterocycles. The van der Waals surface area contributed by atoms with Gasteiger partial charge in [-0.3, -0.25) is 15.0 Å². The lowest BCUT2D eigenvalue weighted by Gasteiger charge is -2.36. The van der Waals surface area contributed by atoms with E-state index < -0.39 is 14.6 Å². The predicted molar refractivity (Wildman–Crippen MR) is 177 cm³/mol. The Kier molecular flexibility index (Phi) is 9.97. The largest absolute Gasteiger partial charge is 0.490 e. The van der Waals surface area contributed by atoms with Crippen molar-refractivity contribution in [3.8, 4) is 5.75 Å². The molecule has 240 valence electrons. The quantitative estimate of drug-likeness (QED) is 0.213. The highest BCUT2D eigenvalue weighted by atomic mass is 32.2. The molecule has 2 N–H and O–H groups in total. The van der Waals surface area contributed by atoms with E-state index in [-0.39, 0.29) is 4.90 Å². The summed E-state index contributed by atoms with van der Waals surface area (Å²) < 4.78 is 31.9. The normalized spacial score (nSPS) is 14.6. The number of aromatic nitrogens is 5. The number of piperazine rings is 1. The number of benzene rings is 1. The van der Waals surface area contributed by atoms with Gasteiger partial charge in [0, 0.05) is 62.1 Å². The number of pyridine rings is 1. The van der Waals surface area contributed by atoms with E-state index in [2.05, 4.69) is 49.3 Å². The molecule has 1 fully saturated rings. The van der Waals surface area contributed by atoms with Gasteiger partial charge in [0.2, 0.25) is 5.75 Å². The molecule has 0 radical (unpaired) electrons. The zero-order chi connectivity index (χ0) is 32.2. The van der Waals surface area contributed by atoms with Crippen molar-refractivity contribution < 1.29 is 13.2 Å². The first kappa shape index (κ1) is 32.7. The summed E-state index contributed by atoms with van der Waals surface area (Å²) in [4.78, 5) is 22.0. The third-order valence-electron chi connectivity index (χ3n) is 7.82. The molecule has 4 aromatic rings. The van der Waals surface area contributed by atoms with Crippen LogP contribution in [0.3, 0.4) is 0 Å². The van der Waals surface area contributed by atoms with E-state index in [1.54, 1.807) is 69.6 Å². The van der Waals surface area contributed by atoms with Gasteiger partial charge in [-0.2, -0.15) is 5.10 Å². The molecule has 0 spiro atoms. The Hall–Kier alpha value is -3.72. The lowest BCUT2D eigenvalue weighted by Crippen LogP contribution is -2.48. The Morgan fingerprint density at radius 3 is 2.40 bits per heavy atom. The lowest BCUT2D eigenvalue weighted by atomic mass is 10.1. The first-order valence-corrected chi connectivity index (χ1v) is 17.1. The number of anilines is 3. The van der Waals surface area contributed by atoms with Gasteiger partial charge in [0.15, 0.2) is 32.4 Å². The topological polar surface area (TPSA) is 132 Å². The smallest absolute Gasteiger partial charge is 0.204 e. The van der Waals surface area contributed by atoms with Gasteiger partial charge < -0.3 is 19.9 Å². The van der Waals surface area contributed by atoms with Crippen molar-refractivity contribution in [3.05, 3.63) is 66.1 Å². The first-order valence-electron chi connectivity index (χ1n) is 14.8. The molecule has 4 heterocycles. The zero-order valence-electron chi connectivity index (χ0n) is 26.6. The SMILES string of the molecule is COc1c(Nc2cc(C)[nH]n2)nc(Sc2ccc(S(=O)(=O)C(C)(C)c3ccccn3)cc2)nc1N1CCN(CCN(C)C)CC1. The van der Waals surface area contributed by atoms with Crippen LogP contribution in [0.15, 0.2) is 69.7 Å². The first-order chi connectivity index (χ1) is 21.5. The third kappa shape index (κ3) is 7.40. The lowest BCUT2D eigenvalue weighted by molar-refractivity contribution is 0.228. The highest BCUT2D eigenvalue weighted by molar-refractivity contribution is 7.99. The summed E-state index contributed by atoms with van der Waals surface area (Å²) in [5.74, 6) is 2.36. The van der Waals surface area contributed by atoms with Crippen molar-refractivity contribution in [1.82, 2.24) is 34.9 Å². The second-order valence-corrected chi connectivity index (χ2v) is 15.2. The number of nitrogens with one attached hydrogen (secondary N) is 2. The molecule has 12 nitrogen and oxygen atoms in total. The van der Waals surface area contributed by atoms with Gasteiger partial charge in [-0.1, -0.05) is 6.07 Å². The molecular formula is C31H41N9O3S2. The summed E-state index contributed by atoms with van der Waals surface area (Å²) in [6, 6.07) is 14.0. The van der Waals surface area contributed by atoms with Gasteiger partial charge in [0.05, 0.1) is 17.7 Å². The number of likely N-dealkylation sites (N-methyl/N-ethyl adjacent to an activating group) is 1. The maximum atomic E-state index is 13.6. The molecule has 0 bridgehead atoms. The van der Waals surface area contributed by atoms with Crippen molar-refractivity contribution in [2.24, 2.45) is 0 Å². The summed E-state index contributed by atoms with van der Waals surface area (Å²) in [5, 5.41) is 11.1. The summed E-state index contributed by atoms with van der Waals surface area (Å²) in [6.45, 7) is 10.7. The van der Waals surface area contributed by atoms with Crippen molar-refractivity contribution in [2.75, 3.05) is 70.7 Å². The number of rotatable bonds is 12. The van der Waals surface area contributed by atoms with Crippen molar-refractivity contribution in [2.45, 2.75) is 40.5 Å². The van der Waals surface area contributed by atoms with Gasteiger partial charge in [0.25, 0.3) is 0 Å². The molecule has 0 atom stereocenters. The van der Waals surface area contributed by atoms with Crippen LogP contribution in [0.5, 0.6) is 5.75 Å². The summed E-state index contributed by atoms with van der Waals surface area (Å²) >= 11 is 1.35. The van der Waals surface area contributed by atoms with Crippen LogP contribution < -0.4 is 15.0 Å². The highest BCUT2D eigenvalue weighted by Gasteiger charge is 2.38. The molecule has 0 amide bonds. The number of nitrogens with zero attached hydrogens (tertiary/aromatic N) is 7. The highest BCUT2D eigenvalue weighted by Crippen LogP contribution is 2.39. The van der Waals surface area contributed by atoms with Gasteiger partial charge in [-0.25, -0.2) is 18.4 Å². The third-order valence-corrected chi connectivity index (χ3v) is 11.1. The number of hydrogen-bond donors (Lipinski definition) is 2. The number of ether oxygens (including phenoxy) is 1. The fourth-order valence-corrected chi connectivity index (χ4v) is 7.25. The van der Waals surface area contributed by atoms with E-state index in [0.717, 1.165) is 49.9 Å². The minimum Gasteiger partial charge on any atom is -0.490 e. The minimum atomic E-state index is -3.72. The van der Waals surface area contributed by atoms with Gasteiger partial charge in [0.1, 0.15) is 4.75 Å². The van der Waals surface area contributed by atoms with E-state index in [9.17, 15) is 8.42 Å². The standard InChI is InChI=1S/C31H41N9O3S2/c1-22-21-26(37-36-22)33-28-27(43-6)29(40-19-17-39(18-20-40)16-15-38(4)5)35-30(34-28)44-23-10-12-24(13-11-23)45(41,42)31(2,3)25-9-7-8-14-32-25/h7-14,21H,15-20H2,1-6H3,(H2,33,34,35,36,37). The summed E-state index contributed by atoms with van der Waals surface area (Å²) in [6.07, 6.45) is 1.61. The average Bonchev–Trinajstić information content (AvgIpc) is 3.44. The van der Waals surface area contributed by atoms with Crippen LogP contribution >= 0.6 is 11.8 Å². The summed E-state index contributed by atoms with van der Waals surface area (Å²) in [7, 11) is 2.08. The fraction of sp³-hybridized carbons (Fsp3) is 0.419. The molecular weight excluding hydrogens is 611 g/mol. The number of methoxy groups -OCH3 is 1. The number of aromatic amines is 1. The van der Waals surface area contributed by atoms with Crippen molar-refractivity contribution in [3.63, 3.8) is 0 Å². The predicted octanol–water partition coefficient (Wildman–Crippen LogP) is 4.20. The van der Waals surface area contributed by atoms with E-state index in [1.165, 1.54) is 11.8 Å². The molecule has 1 aliphatic rings. The molecule has 0 aliphatic carbocycles. The maximum Gasteiger partial charge on any atom is 0.204 e. The van der Waals surface area contributed by atoms with E-state index in [1.807, 2.05) is 13.0 Å². The number of aryl methyl sites for hydroxylation is 1. The molecule has 0 saturated carbocycles. The van der Waals surface area contributed by atoms with Crippen LogP contribution in [-0.2, 0) is 14.6 Å². The molecule has 5 rings (SSSR count). The van der Waals surface area contributed by atoms with Crippen LogP contribution in [0.4, 0.5) is 17.5 Å². The minimum absolute atomic E-state index is 0.224. The number of sulfone groups is 1. The van der Waals surface area contributed by atoms with Crippen LogP contribution in [0, 0.1) is 6.92 Å². The van der Waals surface area contributed by atoms with Crippen LogP contribution in [0.2, 0.25) is 0 Å². The average molecular weight is 652 g/mol. The fourth-order valence-electron chi connectivity index (χ4n) is 5.02. The second-order valence-electron chi connectivity index (χ2n) is 11.7. The zero-order valence-corrected chi connectivity index (χ0v) is 28.2. The molecule has 0 unspecified atom stereocenters. The number of hydrogen-bond acceptors (Lipinski definition) is 12. The molecule has 1 aromatic carbocycles. The Bertz CT molecular complexity index is 1690. The van der Waals surface area contributed by atoms with Gasteiger partial charge >= 0.3 is 0 Å². The molecule has 1 saturated heterocycles. The Balaban J connectivity index is 1.42. The van der Waals surface area contributed by atoms with Crippen molar-refractivity contribution >= 4 is 39.1 Å². The van der Waals surface area contributed by atoms with Crippen LogP contribution in [0.25, 0.3) is 0 Å². The number of H-pyrrole nitrogens is 1.